The van der Waals surface area contributed by atoms with Crippen molar-refractivity contribution >= 4 is 19.1 Å². The van der Waals surface area contributed by atoms with Crippen LogP contribution in [0.4, 0.5) is 4.39 Å². The zero-order chi connectivity index (χ0) is 8.97. The Morgan fingerprint density at radius 3 is 3.00 bits per heavy atom. The van der Waals surface area contributed by atoms with Gasteiger partial charge in [-0.2, -0.15) is 0 Å². The van der Waals surface area contributed by atoms with Crippen molar-refractivity contribution in [1.29, 1.82) is 0 Å². The van der Waals surface area contributed by atoms with Gasteiger partial charge in [-0.05, 0) is 32.0 Å². The van der Waals surface area contributed by atoms with E-state index in [2.05, 4.69) is 0 Å². The maximum Gasteiger partial charge on any atom is 0.298 e. The molecule has 0 aromatic carbocycles. The van der Waals surface area contributed by atoms with Gasteiger partial charge in [0.2, 0.25) is 0 Å². The molecule has 1 radical (unpaired) electrons. The fourth-order valence-electron chi connectivity index (χ4n) is 1.48. The summed E-state index contributed by atoms with van der Waals surface area (Å²) in [7, 11) is 1.61. The summed E-state index contributed by atoms with van der Waals surface area (Å²) in [5.74, 6) is -0.0961. The molecule has 4 heteroatoms. The second-order valence-electron chi connectivity index (χ2n) is 3.18. The van der Waals surface area contributed by atoms with Crippen molar-refractivity contribution in [2.45, 2.75) is 43.6 Å². The van der Waals surface area contributed by atoms with E-state index in [4.69, 9.17) is 16.3 Å². The smallest absolute Gasteiger partial charge is 0.298 e. The largest absolute Gasteiger partial charge is 0.440 e. The molecule has 0 bridgehead atoms. The van der Waals surface area contributed by atoms with E-state index < -0.39 is 6.17 Å². The molecule has 3 unspecified atom stereocenters. The number of rotatable bonds is 3. The van der Waals surface area contributed by atoms with Crippen LogP contribution in [0.5, 0.6) is 0 Å². The fourth-order valence-corrected chi connectivity index (χ4v) is 1.81. The number of hydrogen-bond donors (Lipinski definition) is 0. The third kappa shape index (κ3) is 2.94. The van der Waals surface area contributed by atoms with Crippen LogP contribution in [0.1, 0.15) is 26.2 Å². The Kier molecular flexibility index (Phi) is 4.37. The van der Waals surface area contributed by atoms with Crippen LogP contribution in [0.15, 0.2) is 0 Å². The van der Waals surface area contributed by atoms with Gasteiger partial charge >= 0.3 is 0 Å². The van der Waals surface area contributed by atoms with Gasteiger partial charge in [0.1, 0.15) is 0 Å². The highest BCUT2D eigenvalue weighted by Crippen LogP contribution is 2.33. The molecule has 3 atom stereocenters. The Hall–Kier alpha value is 0.245. The molecule has 0 heterocycles. The third-order valence-corrected chi connectivity index (χ3v) is 2.58. The Bertz CT molecular complexity index is 136. The van der Waals surface area contributed by atoms with E-state index in [1.165, 1.54) is 0 Å². The first kappa shape index (κ1) is 10.3. The van der Waals surface area contributed by atoms with Crippen LogP contribution in [0, 0.1) is 0 Å². The Balaban J connectivity index is 2.28. The second kappa shape index (κ2) is 5.08. The summed E-state index contributed by atoms with van der Waals surface area (Å²) >= 11 is 5.91. The van der Waals surface area contributed by atoms with E-state index in [1.54, 1.807) is 7.48 Å². The van der Waals surface area contributed by atoms with Crippen LogP contribution >= 0.6 is 11.6 Å². The molecule has 0 saturated heterocycles. The first-order chi connectivity index (χ1) is 5.74. The van der Waals surface area contributed by atoms with Crippen molar-refractivity contribution in [2.24, 2.45) is 0 Å². The summed E-state index contributed by atoms with van der Waals surface area (Å²) in [6, 6.07) is 0. The normalized spacial score (nSPS) is 36.4. The molecule has 69 valence electrons. The summed E-state index contributed by atoms with van der Waals surface area (Å²) in [4.78, 5) is 0. The molecule has 0 spiro atoms. The topological polar surface area (TPSA) is 9.23 Å². The van der Waals surface area contributed by atoms with Crippen LogP contribution in [-0.4, -0.2) is 25.6 Å². The van der Waals surface area contributed by atoms with E-state index in [0.29, 0.717) is 19.4 Å². The monoisotopic (exact) mass is 191 g/mol. The van der Waals surface area contributed by atoms with Gasteiger partial charge in [-0.3, -0.25) is 0 Å². The molecular formula is C8H14BClFO. The molecule has 0 amide bonds. The van der Waals surface area contributed by atoms with Crippen LogP contribution < -0.4 is 0 Å². The first-order valence-corrected chi connectivity index (χ1v) is 4.90. The van der Waals surface area contributed by atoms with Crippen LogP contribution in [0.3, 0.4) is 0 Å². The fraction of sp³-hybridized carbons (Fsp3) is 1.00. The SMILES string of the molecule is CCO[B]C1CC(Cl)CCC1F. The predicted molar refractivity (Wildman–Crippen MR) is 49.5 cm³/mol. The molecule has 0 aliphatic heterocycles. The highest BCUT2D eigenvalue weighted by Gasteiger charge is 2.30. The molecule has 1 fully saturated rings. The molecule has 0 aromatic heterocycles. The zero-order valence-electron chi connectivity index (χ0n) is 7.30. The highest BCUT2D eigenvalue weighted by atomic mass is 35.5. The maximum atomic E-state index is 13.2. The van der Waals surface area contributed by atoms with E-state index in [-0.39, 0.29) is 11.2 Å². The summed E-state index contributed by atoms with van der Waals surface area (Å²) in [5.41, 5.74) is 0. The molecule has 1 aliphatic rings. The average molecular weight is 191 g/mol. The number of halogens is 2. The lowest BCUT2D eigenvalue weighted by Crippen LogP contribution is -2.27. The van der Waals surface area contributed by atoms with Crippen molar-refractivity contribution < 1.29 is 9.04 Å². The molecule has 1 rings (SSSR count). The lowest BCUT2D eigenvalue weighted by Gasteiger charge is -2.27. The first-order valence-electron chi connectivity index (χ1n) is 4.47. The third-order valence-electron chi connectivity index (χ3n) is 2.19. The average Bonchev–Trinajstić information content (AvgIpc) is 2.07. The maximum absolute atomic E-state index is 13.2. The summed E-state index contributed by atoms with van der Waals surface area (Å²) in [6.07, 6.45) is 1.32. The lowest BCUT2D eigenvalue weighted by molar-refractivity contribution is 0.234. The van der Waals surface area contributed by atoms with E-state index in [9.17, 15) is 4.39 Å². The Morgan fingerprint density at radius 2 is 2.33 bits per heavy atom. The van der Waals surface area contributed by atoms with Crippen molar-refractivity contribution in [3.05, 3.63) is 0 Å². The lowest BCUT2D eigenvalue weighted by atomic mass is 9.69. The van der Waals surface area contributed by atoms with Crippen LogP contribution in [0.2, 0.25) is 5.82 Å². The quantitative estimate of drug-likeness (QED) is 0.492. The van der Waals surface area contributed by atoms with E-state index in [0.717, 1.165) is 6.42 Å². The van der Waals surface area contributed by atoms with Gasteiger partial charge in [0.05, 0.1) is 6.17 Å². The van der Waals surface area contributed by atoms with Gasteiger partial charge in [-0.15, -0.1) is 11.6 Å². The Morgan fingerprint density at radius 1 is 1.58 bits per heavy atom. The van der Waals surface area contributed by atoms with Gasteiger partial charge in [0.25, 0.3) is 7.48 Å². The highest BCUT2D eigenvalue weighted by molar-refractivity contribution is 6.30. The minimum absolute atomic E-state index is 0.0961. The van der Waals surface area contributed by atoms with Gasteiger partial charge in [-0.1, -0.05) is 0 Å². The standard InChI is InChI=1S/C8H14BClFO/c1-2-12-9-7-5-6(10)3-4-8(7)11/h6-8H,2-5H2,1H3. The summed E-state index contributed by atoms with van der Waals surface area (Å²) < 4.78 is 18.2. The van der Waals surface area contributed by atoms with Crippen molar-refractivity contribution in [3.8, 4) is 0 Å². The molecular weight excluding hydrogens is 177 g/mol. The number of alkyl halides is 2. The summed E-state index contributed by atoms with van der Waals surface area (Å²) in [5, 5.41) is 0.124. The van der Waals surface area contributed by atoms with E-state index >= 15 is 0 Å². The minimum atomic E-state index is -0.758. The van der Waals surface area contributed by atoms with Crippen molar-refractivity contribution in [3.63, 3.8) is 0 Å². The molecule has 0 N–H and O–H groups in total. The van der Waals surface area contributed by atoms with Crippen molar-refractivity contribution in [1.82, 2.24) is 0 Å². The van der Waals surface area contributed by atoms with Crippen LogP contribution in [-0.2, 0) is 4.65 Å². The van der Waals surface area contributed by atoms with Crippen molar-refractivity contribution in [2.75, 3.05) is 6.61 Å². The van der Waals surface area contributed by atoms with Gasteiger partial charge in [0.15, 0.2) is 0 Å². The van der Waals surface area contributed by atoms with Gasteiger partial charge in [-0.25, -0.2) is 4.39 Å². The molecule has 1 aliphatic carbocycles. The zero-order valence-corrected chi connectivity index (χ0v) is 8.06. The minimum Gasteiger partial charge on any atom is -0.440 e. The van der Waals surface area contributed by atoms with E-state index in [1.807, 2.05) is 6.92 Å². The molecule has 1 nitrogen and oxygen atoms in total. The van der Waals surface area contributed by atoms with Crippen LogP contribution in [0.25, 0.3) is 0 Å². The van der Waals surface area contributed by atoms with Gasteiger partial charge in [0, 0.05) is 12.0 Å². The molecule has 1 saturated carbocycles. The number of hydrogen-bond acceptors (Lipinski definition) is 1. The molecule has 12 heavy (non-hydrogen) atoms. The second-order valence-corrected chi connectivity index (χ2v) is 3.80. The Labute approximate surface area is 78.9 Å². The van der Waals surface area contributed by atoms with Gasteiger partial charge < -0.3 is 4.65 Å². The molecule has 0 aromatic rings. The predicted octanol–water partition coefficient (Wildman–Crippen LogP) is 2.56. The summed E-state index contributed by atoms with van der Waals surface area (Å²) in [6.45, 7) is 2.50.